The van der Waals surface area contributed by atoms with E-state index in [1.165, 1.54) is 89.7 Å². The summed E-state index contributed by atoms with van der Waals surface area (Å²) in [6, 6.07) is 15.3. The highest BCUT2D eigenvalue weighted by atomic mass is 32.1. The van der Waals surface area contributed by atoms with Crippen LogP contribution >= 0.6 is 19.5 Å². The molecular weight excluding hydrogens is 581 g/mol. The van der Waals surface area contributed by atoms with E-state index >= 15 is 0 Å². The van der Waals surface area contributed by atoms with Gasteiger partial charge in [-0.25, -0.2) is 0 Å². The fraction of sp³-hybridized carbons (Fsp3) is 0.559. The van der Waals surface area contributed by atoms with Crippen LogP contribution in [0.25, 0.3) is 0 Å². The quantitative estimate of drug-likeness (QED) is 0.0615. The van der Waals surface area contributed by atoms with E-state index in [1.807, 2.05) is 45.9 Å². The summed E-state index contributed by atoms with van der Waals surface area (Å²) >= 11 is 1.57. The third-order valence-corrected chi connectivity index (χ3v) is 9.05. The van der Waals surface area contributed by atoms with E-state index in [0.29, 0.717) is 12.3 Å². The normalized spacial score (nSPS) is 13.5. The first-order chi connectivity index (χ1) is 21.0. The standard InChI is InChI=1S/C34H50NO6PS/c1-3-4-5-6-7-8-9-10-11-12-13-14-18-30-19-17-21-32(25-30)39-27-33(38-2)28-40-42(36,37)41-34-22-16-15-20-31(34)26-35-23-24-43-29-35/h15-17,19-25,29,33H,3-14,18,26-28H2,1-2H3/p+1/t33-/m1/s1. The summed E-state index contributed by atoms with van der Waals surface area (Å²) in [7, 11) is -2.85. The van der Waals surface area contributed by atoms with Crippen molar-refractivity contribution in [3.63, 3.8) is 0 Å². The van der Waals surface area contributed by atoms with Gasteiger partial charge < -0.3 is 14.4 Å². The molecule has 0 radical (unpaired) electrons. The molecule has 2 aromatic carbocycles. The van der Waals surface area contributed by atoms with Gasteiger partial charge in [0.15, 0.2) is 18.5 Å². The molecule has 9 heteroatoms. The number of phosphoric acid groups is 1. The van der Waals surface area contributed by atoms with Gasteiger partial charge in [0, 0.05) is 7.11 Å². The van der Waals surface area contributed by atoms with Crippen molar-refractivity contribution in [2.45, 2.75) is 103 Å². The van der Waals surface area contributed by atoms with Crippen LogP contribution in [0.4, 0.5) is 0 Å². The molecule has 3 rings (SSSR count). The SMILES string of the molecule is CCCCCCCCCCCCCCc1cccc(OC[C@H](CO[P+]([O-])(O)Oc2ccccc2C[n+]2ccsc2)OC)c1. The Kier molecular flexibility index (Phi) is 17.1. The molecule has 1 unspecified atom stereocenters. The molecule has 1 aromatic heterocycles. The van der Waals surface area contributed by atoms with Crippen molar-refractivity contribution < 1.29 is 32.9 Å². The zero-order valence-electron chi connectivity index (χ0n) is 26.0. The molecule has 2 atom stereocenters. The van der Waals surface area contributed by atoms with Gasteiger partial charge in [0.25, 0.3) is 0 Å². The first-order valence-corrected chi connectivity index (χ1v) is 18.3. The van der Waals surface area contributed by atoms with E-state index < -0.39 is 14.3 Å². The lowest BCUT2D eigenvalue weighted by Crippen LogP contribution is -2.31. The molecule has 0 aliphatic rings. The first kappa shape index (κ1) is 35.4. The second kappa shape index (κ2) is 20.8. The number of aryl methyl sites for hydroxylation is 1. The van der Waals surface area contributed by atoms with E-state index in [1.54, 1.807) is 23.5 Å². The minimum Gasteiger partial charge on any atom is -0.598 e. The molecule has 0 aliphatic heterocycles. The van der Waals surface area contributed by atoms with Crippen molar-refractivity contribution in [1.29, 1.82) is 0 Å². The van der Waals surface area contributed by atoms with Crippen LogP contribution in [0.3, 0.4) is 0 Å². The van der Waals surface area contributed by atoms with Gasteiger partial charge >= 0.3 is 8.17 Å². The number of thiazole rings is 1. The van der Waals surface area contributed by atoms with Crippen LogP contribution in [-0.2, 0) is 22.2 Å². The number of rotatable bonds is 24. The number of phosphoric ester groups is 1. The first-order valence-electron chi connectivity index (χ1n) is 15.9. The van der Waals surface area contributed by atoms with Gasteiger partial charge in [-0.3, -0.25) is 4.52 Å². The Balaban J connectivity index is 1.33. The molecule has 0 fully saturated rings. The molecule has 238 valence electrons. The molecule has 1 N–H and O–H groups in total. The van der Waals surface area contributed by atoms with Gasteiger partial charge in [-0.1, -0.05) is 113 Å². The molecule has 0 saturated carbocycles. The largest absolute Gasteiger partial charge is 0.598 e. The second-order valence-corrected chi connectivity index (χ2v) is 13.3. The lowest BCUT2D eigenvalue weighted by molar-refractivity contribution is -0.683. The maximum Gasteiger partial charge on any atom is 0.426 e. The maximum absolute atomic E-state index is 12.7. The van der Waals surface area contributed by atoms with Crippen molar-refractivity contribution in [1.82, 2.24) is 0 Å². The van der Waals surface area contributed by atoms with E-state index in [9.17, 15) is 9.79 Å². The van der Waals surface area contributed by atoms with Crippen LogP contribution in [0.15, 0.2) is 65.6 Å². The molecule has 7 nitrogen and oxygen atoms in total. The Labute approximate surface area is 263 Å². The molecule has 0 aliphatic carbocycles. The lowest BCUT2D eigenvalue weighted by atomic mass is 10.0. The number of aromatic nitrogens is 1. The van der Waals surface area contributed by atoms with Crippen molar-refractivity contribution in [3.05, 3.63) is 76.7 Å². The molecule has 0 spiro atoms. The van der Waals surface area contributed by atoms with Crippen molar-refractivity contribution in [2.75, 3.05) is 20.3 Å². The summed E-state index contributed by atoms with van der Waals surface area (Å²) in [6.45, 7) is 2.83. The van der Waals surface area contributed by atoms with Crippen LogP contribution in [-0.4, -0.2) is 31.3 Å². The Morgan fingerprint density at radius 2 is 1.58 bits per heavy atom. The minimum absolute atomic E-state index is 0.149. The molecule has 0 amide bonds. The molecule has 43 heavy (non-hydrogen) atoms. The van der Waals surface area contributed by atoms with Gasteiger partial charge in [0.05, 0.1) is 10.9 Å². The third-order valence-electron chi connectivity index (χ3n) is 7.48. The monoisotopic (exact) mass is 632 g/mol. The van der Waals surface area contributed by atoms with Crippen molar-refractivity contribution in [3.8, 4) is 11.5 Å². The smallest absolute Gasteiger partial charge is 0.426 e. The van der Waals surface area contributed by atoms with E-state index in [2.05, 4.69) is 19.1 Å². The predicted octanol–water partition coefficient (Wildman–Crippen LogP) is 7.85. The van der Waals surface area contributed by atoms with Gasteiger partial charge in [-0.2, -0.15) is 14.0 Å². The molecule has 0 bridgehead atoms. The molecule has 3 aromatic rings. The zero-order chi connectivity index (χ0) is 30.6. The number of nitrogens with zero attached hydrogens (tertiary/aromatic N) is 1. The Morgan fingerprint density at radius 1 is 0.884 bits per heavy atom. The van der Waals surface area contributed by atoms with Gasteiger partial charge in [0.1, 0.15) is 25.1 Å². The van der Waals surface area contributed by atoms with Crippen LogP contribution in [0, 0.1) is 0 Å². The molecule has 0 saturated heterocycles. The predicted molar refractivity (Wildman–Crippen MR) is 173 cm³/mol. The van der Waals surface area contributed by atoms with Crippen LogP contribution in [0.1, 0.15) is 95.1 Å². The summed E-state index contributed by atoms with van der Waals surface area (Å²) in [5, 5.41) is 1.96. The number of hydrogen-bond donors (Lipinski definition) is 1. The van der Waals surface area contributed by atoms with E-state index in [-0.39, 0.29) is 13.2 Å². The number of methoxy groups -OCH3 is 1. The highest BCUT2D eigenvalue weighted by Crippen LogP contribution is 2.48. The Morgan fingerprint density at radius 3 is 2.26 bits per heavy atom. The van der Waals surface area contributed by atoms with Gasteiger partial charge in [-0.15, -0.1) is 0 Å². The van der Waals surface area contributed by atoms with Crippen molar-refractivity contribution >= 4 is 19.5 Å². The number of para-hydroxylation sites is 1. The summed E-state index contributed by atoms with van der Waals surface area (Å²) in [5.41, 5.74) is 3.99. The van der Waals surface area contributed by atoms with E-state index in [0.717, 1.165) is 17.7 Å². The summed E-state index contributed by atoms with van der Waals surface area (Å²) in [4.78, 5) is 23.1. The highest BCUT2D eigenvalue weighted by Gasteiger charge is 2.32. The lowest BCUT2D eigenvalue weighted by Gasteiger charge is -2.23. The van der Waals surface area contributed by atoms with Crippen molar-refractivity contribution in [2.24, 2.45) is 0 Å². The fourth-order valence-electron chi connectivity index (χ4n) is 4.93. The minimum atomic E-state index is -4.38. The Hall–Kier alpha value is -2.06. The van der Waals surface area contributed by atoms with Gasteiger partial charge in [0.2, 0.25) is 5.51 Å². The Bertz CT molecular complexity index is 1130. The van der Waals surface area contributed by atoms with Crippen LogP contribution in [0.5, 0.6) is 11.5 Å². The van der Waals surface area contributed by atoms with E-state index in [4.69, 9.17) is 18.5 Å². The summed E-state index contributed by atoms with van der Waals surface area (Å²) in [5.74, 6) is 1.06. The zero-order valence-corrected chi connectivity index (χ0v) is 27.7. The maximum atomic E-state index is 12.7. The number of ether oxygens (including phenoxy) is 2. The highest BCUT2D eigenvalue weighted by molar-refractivity contribution is 7.53. The van der Waals surface area contributed by atoms with Crippen LogP contribution < -0.4 is 18.7 Å². The summed E-state index contributed by atoms with van der Waals surface area (Å²) in [6.07, 6.45) is 18.6. The molecule has 1 heterocycles. The average molecular weight is 633 g/mol. The number of unbranched alkanes of at least 4 members (excludes halogenated alkanes) is 11. The number of benzene rings is 2. The molecular formula is C34H51NO6PS+. The topological polar surface area (TPSA) is 84.1 Å². The summed E-state index contributed by atoms with van der Waals surface area (Å²) < 4.78 is 24.1. The van der Waals surface area contributed by atoms with Crippen LogP contribution in [0.2, 0.25) is 0 Å². The third kappa shape index (κ3) is 15.0. The fourth-order valence-corrected chi connectivity index (χ4v) is 6.37. The number of hydrogen-bond acceptors (Lipinski definition) is 7. The average Bonchev–Trinajstić information content (AvgIpc) is 3.52. The van der Waals surface area contributed by atoms with Gasteiger partial charge in [-0.05, 0) is 42.7 Å². The second-order valence-electron chi connectivity index (χ2n) is 11.1.